The van der Waals surface area contributed by atoms with Gasteiger partial charge in [0.25, 0.3) is 5.69 Å². The molecular weight excluding hydrogens is 252 g/mol. The third kappa shape index (κ3) is 3.34. The standard InChI is InChI=1S/C12H16N2O5/c1-4-5-13-11-9(14(16)17)6-8(12(15)19-3)7-10(11)18-2/h6-7,13H,4-5H2,1-3H3. The summed E-state index contributed by atoms with van der Waals surface area (Å²) in [5, 5.41) is 14.0. The van der Waals surface area contributed by atoms with Gasteiger partial charge in [-0.1, -0.05) is 6.92 Å². The van der Waals surface area contributed by atoms with Gasteiger partial charge in [0.1, 0.15) is 5.75 Å². The molecule has 1 rings (SSSR count). The SMILES string of the molecule is CCCNc1c(OC)cc(C(=O)OC)cc1[N+](=O)[O-]. The van der Waals surface area contributed by atoms with Crippen LogP contribution in [-0.2, 0) is 4.74 Å². The molecule has 0 fully saturated rings. The van der Waals surface area contributed by atoms with E-state index in [-0.39, 0.29) is 22.7 Å². The number of hydrogen-bond acceptors (Lipinski definition) is 6. The predicted octanol–water partition coefficient (Wildman–Crippen LogP) is 2.21. The number of carbonyl (C=O) groups excluding carboxylic acids is 1. The average Bonchev–Trinajstić information content (AvgIpc) is 2.42. The van der Waals surface area contributed by atoms with Crippen molar-refractivity contribution < 1.29 is 19.2 Å². The second kappa shape index (κ2) is 6.58. The highest BCUT2D eigenvalue weighted by Gasteiger charge is 2.22. The average molecular weight is 268 g/mol. The van der Waals surface area contributed by atoms with Gasteiger partial charge in [-0.25, -0.2) is 4.79 Å². The van der Waals surface area contributed by atoms with Gasteiger partial charge in [-0.3, -0.25) is 10.1 Å². The Morgan fingerprint density at radius 3 is 2.58 bits per heavy atom. The Morgan fingerprint density at radius 1 is 1.42 bits per heavy atom. The lowest BCUT2D eigenvalue weighted by atomic mass is 10.1. The molecule has 0 saturated carbocycles. The van der Waals surface area contributed by atoms with E-state index in [2.05, 4.69) is 10.1 Å². The van der Waals surface area contributed by atoms with Gasteiger partial charge in [-0.05, 0) is 12.5 Å². The third-order valence-corrected chi connectivity index (χ3v) is 2.47. The van der Waals surface area contributed by atoms with Gasteiger partial charge in [0, 0.05) is 12.6 Å². The first-order chi connectivity index (χ1) is 9.04. The molecule has 0 aliphatic rings. The summed E-state index contributed by atoms with van der Waals surface area (Å²) in [6.45, 7) is 2.50. The maximum Gasteiger partial charge on any atom is 0.338 e. The Labute approximate surface area is 110 Å². The quantitative estimate of drug-likeness (QED) is 0.483. The normalized spacial score (nSPS) is 9.84. The van der Waals surface area contributed by atoms with E-state index in [0.717, 1.165) is 6.42 Å². The highest BCUT2D eigenvalue weighted by Crippen LogP contribution is 2.36. The zero-order chi connectivity index (χ0) is 14.4. The molecule has 0 radical (unpaired) electrons. The summed E-state index contributed by atoms with van der Waals surface area (Å²) in [5.74, 6) is -0.411. The molecule has 0 spiro atoms. The van der Waals surface area contributed by atoms with Gasteiger partial charge in [0.05, 0.1) is 24.7 Å². The molecule has 7 nitrogen and oxygen atoms in total. The number of anilines is 1. The van der Waals surface area contributed by atoms with Crippen LogP contribution < -0.4 is 10.1 Å². The minimum absolute atomic E-state index is 0.0769. The number of nitrogens with zero attached hydrogens (tertiary/aromatic N) is 1. The van der Waals surface area contributed by atoms with Crippen molar-refractivity contribution in [3.05, 3.63) is 27.8 Å². The van der Waals surface area contributed by atoms with Crippen molar-refractivity contribution in [2.24, 2.45) is 0 Å². The molecule has 0 unspecified atom stereocenters. The number of carbonyl (C=O) groups is 1. The summed E-state index contributed by atoms with van der Waals surface area (Å²) in [7, 11) is 2.60. The predicted molar refractivity (Wildman–Crippen MR) is 69.8 cm³/mol. The van der Waals surface area contributed by atoms with Crippen LogP contribution in [0.2, 0.25) is 0 Å². The second-order valence-electron chi connectivity index (χ2n) is 3.75. The largest absolute Gasteiger partial charge is 0.494 e. The van der Waals surface area contributed by atoms with Crippen molar-refractivity contribution in [2.45, 2.75) is 13.3 Å². The summed E-state index contributed by atoms with van der Waals surface area (Å²) >= 11 is 0. The van der Waals surface area contributed by atoms with Gasteiger partial charge in [0.15, 0.2) is 5.69 Å². The van der Waals surface area contributed by atoms with E-state index in [4.69, 9.17) is 4.74 Å². The lowest BCUT2D eigenvalue weighted by molar-refractivity contribution is -0.384. The molecule has 0 bridgehead atoms. The topological polar surface area (TPSA) is 90.7 Å². The van der Waals surface area contributed by atoms with Crippen LogP contribution in [0.4, 0.5) is 11.4 Å². The number of rotatable bonds is 6. The Balaban J connectivity index is 3.35. The van der Waals surface area contributed by atoms with Gasteiger partial charge in [0.2, 0.25) is 0 Å². The Hall–Kier alpha value is -2.31. The van der Waals surface area contributed by atoms with Gasteiger partial charge in [-0.2, -0.15) is 0 Å². The molecule has 7 heteroatoms. The molecule has 0 aliphatic heterocycles. The fourth-order valence-corrected chi connectivity index (χ4v) is 1.57. The van der Waals surface area contributed by atoms with Crippen LogP contribution in [0.1, 0.15) is 23.7 Å². The summed E-state index contributed by atoms with van der Waals surface area (Å²) in [5.41, 5.74) is 0.128. The lowest BCUT2D eigenvalue weighted by Gasteiger charge is -2.12. The van der Waals surface area contributed by atoms with Crippen LogP contribution >= 0.6 is 0 Å². The Morgan fingerprint density at radius 2 is 2.11 bits per heavy atom. The van der Waals surface area contributed by atoms with Crippen molar-refractivity contribution in [1.29, 1.82) is 0 Å². The summed E-state index contributed by atoms with van der Waals surface area (Å²) in [6.07, 6.45) is 0.805. The number of methoxy groups -OCH3 is 2. The van der Waals surface area contributed by atoms with Crippen LogP contribution in [0.5, 0.6) is 5.75 Å². The zero-order valence-corrected chi connectivity index (χ0v) is 11.1. The van der Waals surface area contributed by atoms with Gasteiger partial charge >= 0.3 is 5.97 Å². The molecule has 0 aromatic heterocycles. The van der Waals surface area contributed by atoms with E-state index in [1.807, 2.05) is 6.92 Å². The second-order valence-corrected chi connectivity index (χ2v) is 3.75. The third-order valence-electron chi connectivity index (χ3n) is 2.47. The minimum atomic E-state index is -0.650. The molecule has 0 amide bonds. The van der Waals surface area contributed by atoms with E-state index in [9.17, 15) is 14.9 Å². The van der Waals surface area contributed by atoms with Crippen LogP contribution in [0, 0.1) is 10.1 Å². The number of nitrogens with one attached hydrogen (secondary N) is 1. The molecule has 1 N–H and O–H groups in total. The molecule has 0 heterocycles. The summed E-state index contributed by atoms with van der Waals surface area (Å²) in [6, 6.07) is 2.59. The number of nitro groups is 1. The van der Waals surface area contributed by atoms with E-state index < -0.39 is 10.9 Å². The number of benzene rings is 1. The van der Waals surface area contributed by atoms with Crippen LogP contribution in [0.3, 0.4) is 0 Å². The van der Waals surface area contributed by atoms with Crippen molar-refractivity contribution in [3.8, 4) is 5.75 Å². The van der Waals surface area contributed by atoms with Crippen molar-refractivity contribution in [3.63, 3.8) is 0 Å². The molecule has 0 atom stereocenters. The molecule has 19 heavy (non-hydrogen) atoms. The summed E-state index contributed by atoms with van der Waals surface area (Å²) in [4.78, 5) is 22.0. The zero-order valence-electron chi connectivity index (χ0n) is 11.1. The number of esters is 1. The first kappa shape index (κ1) is 14.7. The van der Waals surface area contributed by atoms with E-state index in [1.54, 1.807) is 0 Å². The maximum atomic E-state index is 11.5. The number of hydrogen-bond donors (Lipinski definition) is 1. The Kier molecular flexibility index (Phi) is 5.11. The minimum Gasteiger partial charge on any atom is -0.494 e. The molecule has 1 aromatic carbocycles. The fourth-order valence-electron chi connectivity index (χ4n) is 1.57. The van der Waals surface area contributed by atoms with Crippen molar-refractivity contribution in [2.75, 3.05) is 26.1 Å². The molecule has 1 aromatic rings. The molecular formula is C12H16N2O5. The van der Waals surface area contributed by atoms with Crippen molar-refractivity contribution in [1.82, 2.24) is 0 Å². The highest BCUT2D eigenvalue weighted by atomic mass is 16.6. The fraction of sp³-hybridized carbons (Fsp3) is 0.417. The highest BCUT2D eigenvalue weighted by molar-refractivity contribution is 5.92. The van der Waals surface area contributed by atoms with E-state index in [0.29, 0.717) is 6.54 Å². The van der Waals surface area contributed by atoms with Gasteiger partial charge < -0.3 is 14.8 Å². The van der Waals surface area contributed by atoms with Crippen LogP contribution in [-0.4, -0.2) is 31.7 Å². The molecule has 0 saturated heterocycles. The first-order valence-electron chi connectivity index (χ1n) is 5.73. The van der Waals surface area contributed by atoms with Crippen LogP contribution in [0.15, 0.2) is 12.1 Å². The number of ether oxygens (including phenoxy) is 2. The van der Waals surface area contributed by atoms with Gasteiger partial charge in [-0.15, -0.1) is 0 Å². The molecule has 104 valence electrons. The smallest absolute Gasteiger partial charge is 0.338 e. The lowest BCUT2D eigenvalue weighted by Crippen LogP contribution is -2.08. The molecule has 0 aliphatic carbocycles. The van der Waals surface area contributed by atoms with E-state index >= 15 is 0 Å². The monoisotopic (exact) mass is 268 g/mol. The summed E-state index contributed by atoms with van der Waals surface area (Å²) < 4.78 is 9.65. The van der Waals surface area contributed by atoms with Crippen LogP contribution in [0.25, 0.3) is 0 Å². The number of nitro benzene ring substituents is 1. The maximum absolute atomic E-state index is 11.5. The first-order valence-corrected chi connectivity index (χ1v) is 5.73. The van der Waals surface area contributed by atoms with Crippen molar-refractivity contribution >= 4 is 17.3 Å². The Bertz CT molecular complexity index is 487. The van der Waals surface area contributed by atoms with E-state index in [1.165, 1.54) is 26.4 Å².